The fraction of sp³-hybridized carbons (Fsp3) is 0. The molecule has 0 saturated carbocycles. The van der Waals surface area contributed by atoms with Gasteiger partial charge in [0.1, 0.15) is 11.2 Å². The SMILES string of the molecule is c1ccc(-c2cccc(-c3nc(-c4cc(-c5ccccc5)c5c(c4)oc4ccccc45)nc(-n4c5ccccc5c5cc6c(cc54)sc4ccccc46)n3)c2)cc1. The average Bonchev–Trinajstić information content (AvgIpc) is 3.95. The summed E-state index contributed by atoms with van der Waals surface area (Å²) in [6.45, 7) is 0. The molecule has 0 bridgehead atoms. The van der Waals surface area contributed by atoms with Gasteiger partial charge in [-0.05, 0) is 70.8 Å². The number of thiophene rings is 1. The summed E-state index contributed by atoms with van der Waals surface area (Å²) in [5.41, 5.74) is 9.84. The Kier molecular flexibility index (Phi) is 7.03. The third-order valence-corrected chi connectivity index (χ3v) is 12.2. The summed E-state index contributed by atoms with van der Waals surface area (Å²) in [7, 11) is 0. The zero-order valence-corrected chi connectivity index (χ0v) is 31.2. The topological polar surface area (TPSA) is 56.7 Å². The minimum absolute atomic E-state index is 0.553. The van der Waals surface area contributed by atoms with E-state index in [1.807, 2.05) is 35.6 Å². The smallest absolute Gasteiger partial charge is 0.238 e. The molecule has 0 amide bonds. The molecule has 0 radical (unpaired) electrons. The monoisotopic (exact) mass is 746 g/mol. The van der Waals surface area contributed by atoms with Gasteiger partial charge in [0.25, 0.3) is 0 Å². The predicted molar refractivity (Wildman–Crippen MR) is 236 cm³/mol. The zero-order chi connectivity index (χ0) is 37.5. The molecule has 0 aliphatic heterocycles. The number of nitrogens with zero attached hydrogens (tertiary/aromatic N) is 4. The van der Waals surface area contributed by atoms with Gasteiger partial charge in [0, 0.05) is 52.8 Å². The van der Waals surface area contributed by atoms with Gasteiger partial charge < -0.3 is 4.42 Å². The van der Waals surface area contributed by atoms with Crippen molar-refractivity contribution in [3.63, 3.8) is 0 Å². The van der Waals surface area contributed by atoms with Crippen molar-refractivity contribution in [3.05, 3.63) is 182 Å². The Morgan fingerprint density at radius 1 is 0.386 bits per heavy atom. The molecule has 4 heterocycles. The minimum atomic E-state index is 0.553. The van der Waals surface area contributed by atoms with Crippen LogP contribution in [0.1, 0.15) is 0 Å². The summed E-state index contributed by atoms with van der Waals surface area (Å²) >= 11 is 1.82. The van der Waals surface area contributed by atoms with Crippen LogP contribution in [0.25, 0.3) is 115 Å². The summed E-state index contributed by atoms with van der Waals surface area (Å²) < 4.78 is 11.3. The molecule has 4 aromatic heterocycles. The first kappa shape index (κ1) is 31.9. The molecule has 266 valence electrons. The molecule has 12 aromatic rings. The molecule has 5 nitrogen and oxygen atoms in total. The second kappa shape index (κ2) is 12.6. The number of fused-ring (bicyclic) bond motifs is 9. The highest BCUT2D eigenvalue weighted by atomic mass is 32.1. The Hall–Kier alpha value is -7.41. The van der Waals surface area contributed by atoms with E-state index < -0.39 is 0 Å². The highest BCUT2D eigenvalue weighted by molar-refractivity contribution is 7.25. The van der Waals surface area contributed by atoms with Crippen molar-refractivity contribution in [2.24, 2.45) is 0 Å². The number of furan rings is 1. The maximum absolute atomic E-state index is 6.56. The first-order valence-corrected chi connectivity index (χ1v) is 19.8. The number of para-hydroxylation sites is 2. The Balaban J connectivity index is 1.16. The molecule has 0 atom stereocenters. The molecule has 0 unspecified atom stereocenters. The van der Waals surface area contributed by atoms with Crippen LogP contribution in [-0.2, 0) is 0 Å². The number of benzene rings is 8. The lowest BCUT2D eigenvalue weighted by molar-refractivity contribution is 0.669. The molecule has 6 heteroatoms. The summed E-state index contributed by atoms with van der Waals surface area (Å²) in [6, 6.07) is 63.7. The van der Waals surface area contributed by atoms with Crippen LogP contribution < -0.4 is 0 Å². The molecule has 0 spiro atoms. The van der Waals surface area contributed by atoms with Crippen LogP contribution in [0.5, 0.6) is 0 Å². The van der Waals surface area contributed by atoms with Crippen LogP contribution >= 0.6 is 11.3 Å². The quantitative estimate of drug-likeness (QED) is 0.176. The Morgan fingerprint density at radius 2 is 1.05 bits per heavy atom. The molecule has 0 aliphatic carbocycles. The normalized spacial score (nSPS) is 11.9. The number of aromatic nitrogens is 4. The zero-order valence-electron chi connectivity index (χ0n) is 30.4. The van der Waals surface area contributed by atoms with Crippen molar-refractivity contribution in [1.82, 2.24) is 19.5 Å². The maximum atomic E-state index is 6.56. The lowest BCUT2D eigenvalue weighted by atomic mass is 9.97. The molecular formula is C51H30N4OS. The minimum Gasteiger partial charge on any atom is -0.456 e. The molecule has 0 fully saturated rings. The fourth-order valence-corrected chi connectivity index (χ4v) is 9.54. The van der Waals surface area contributed by atoms with E-state index in [0.717, 1.165) is 77.1 Å². The van der Waals surface area contributed by atoms with E-state index in [2.05, 4.69) is 162 Å². The van der Waals surface area contributed by atoms with Crippen molar-refractivity contribution in [2.75, 3.05) is 0 Å². The summed E-state index contributed by atoms with van der Waals surface area (Å²) in [5, 5.41) is 6.98. The van der Waals surface area contributed by atoms with E-state index in [4.69, 9.17) is 19.4 Å². The van der Waals surface area contributed by atoms with E-state index in [1.165, 1.54) is 20.2 Å². The van der Waals surface area contributed by atoms with Crippen LogP contribution in [0.15, 0.2) is 186 Å². The third-order valence-electron chi connectivity index (χ3n) is 11.0. The van der Waals surface area contributed by atoms with Crippen molar-refractivity contribution in [2.45, 2.75) is 0 Å². The van der Waals surface area contributed by atoms with Gasteiger partial charge in [-0.15, -0.1) is 11.3 Å². The van der Waals surface area contributed by atoms with Crippen LogP contribution in [-0.4, -0.2) is 19.5 Å². The standard InChI is InChI=1S/C51H30N4OS/c1-3-14-31(15-4-1)33-18-13-19-34(26-33)49-52-50(35-27-39(32-16-5-2-6-17-32)48-38-22-8-11-24-44(38)56-45(48)28-35)54-51(53-49)55-42-23-10-7-20-36(42)40-29-41-37-21-9-12-25-46(37)57-47(41)30-43(40)55/h1-30H. The summed E-state index contributed by atoms with van der Waals surface area (Å²) in [6.07, 6.45) is 0. The van der Waals surface area contributed by atoms with Gasteiger partial charge in [-0.1, -0.05) is 133 Å². The maximum Gasteiger partial charge on any atom is 0.238 e. The molecule has 12 rings (SSSR count). The van der Waals surface area contributed by atoms with Crippen LogP contribution in [0.3, 0.4) is 0 Å². The van der Waals surface area contributed by atoms with E-state index in [-0.39, 0.29) is 0 Å². The highest BCUT2D eigenvalue weighted by Crippen LogP contribution is 2.42. The molecule has 0 saturated heterocycles. The average molecular weight is 747 g/mol. The van der Waals surface area contributed by atoms with Gasteiger partial charge in [0.15, 0.2) is 11.6 Å². The number of rotatable bonds is 5. The largest absolute Gasteiger partial charge is 0.456 e. The number of hydrogen-bond acceptors (Lipinski definition) is 5. The van der Waals surface area contributed by atoms with Gasteiger partial charge in [0.2, 0.25) is 5.95 Å². The Morgan fingerprint density at radius 3 is 1.89 bits per heavy atom. The predicted octanol–water partition coefficient (Wildman–Crippen LogP) is 13.9. The van der Waals surface area contributed by atoms with Gasteiger partial charge in [-0.25, -0.2) is 4.98 Å². The molecule has 57 heavy (non-hydrogen) atoms. The Labute approximate surface area is 330 Å². The van der Waals surface area contributed by atoms with Crippen LogP contribution in [0.2, 0.25) is 0 Å². The fourth-order valence-electron chi connectivity index (χ4n) is 8.42. The van der Waals surface area contributed by atoms with Crippen molar-refractivity contribution in [1.29, 1.82) is 0 Å². The molecular weight excluding hydrogens is 717 g/mol. The van der Waals surface area contributed by atoms with Crippen molar-refractivity contribution in [3.8, 4) is 51.0 Å². The second-order valence-electron chi connectivity index (χ2n) is 14.4. The van der Waals surface area contributed by atoms with Gasteiger partial charge in [0.05, 0.1) is 11.0 Å². The van der Waals surface area contributed by atoms with E-state index >= 15 is 0 Å². The molecule has 8 aromatic carbocycles. The molecule has 0 aliphatic rings. The van der Waals surface area contributed by atoms with Crippen molar-refractivity contribution >= 4 is 75.3 Å². The lowest BCUT2D eigenvalue weighted by Crippen LogP contribution is -2.06. The van der Waals surface area contributed by atoms with Gasteiger partial charge in [-0.3, -0.25) is 4.57 Å². The van der Waals surface area contributed by atoms with Crippen LogP contribution in [0, 0.1) is 0 Å². The molecule has 0 N–H and O–H groups in total. The first-order chi connectivity index (χ1) is 28.2. The van der Waals surface area contributed by atoms with Crippen molar-refractivity contribution < 1.29 is 4.42 Å². The summed E-state index contributed by atoms with van der Waals surface area (Å²) in [5.74, 6) is 1.71. The highest BCUT2D eigenvalue weighted by Gasteiger charge is 2.22. The van der Waals surface area contributed by atoms with Gasteiger partial charge >= 0.3 is 0 Å². The summed E-state index contributed by atoms with van der Waals surface area (Å²) in [4.78, 5) is 16.0. The van der Waals surface area contributed by atoms with E-state index in [9.17, 15) is 0 Å². The van der Waals surface area contributed by atoms with Crippen LogP contribution in [0.4, 0.5) is 0 Å². The van der Waals surface area contributed by atoms with Gasteiger partial charge in [-0.2, -0.15) is 9.97 Å². The van der Waals surface area contributed by atoms with E-state index in [1.54, 1.807) is 0 Å². The third kappa shape index (κ3) is 5.12. The lowest BCUT2D eigenvalue weighted by Gasteiger charge is -2.13. The van der Waals surface area contributed by atoms with E-state index in [0.29, 0.717) is 17.6 Å². The first-order valence-electron chi connectivity index (χ1n) is 19.0. The second-order valence-corrected chi connectivity index (χ2v) is 15.5. The number of hydrogen-bond donors (Lipinski definition) is 0. The Bertz CT molecular complexity index is 3530.